The number of methoxy groups -OCH3 is 1. The Balaban J connectivity index is 2.18. The van der Waals surface area contributed by atoms with Crippen molar-refractivity contribution in [3.05, 3.63) is 89.2 Å². The zero-order valence-corrected chi connectivity index (χ0v) is 16.9. The van der Waals surface area contributed by atoms with Crippen molar-refractivity contribution >= 4 is 27.3 Å². The fraction of sp³-hybridized carbons (Fsp3) is 0.143. The summed E-state index contributed by atoms with van der Waals surface area (Å²) in [5.41, 5.74) is 1.23. The summed E-state index contributed by atoms with van der Waals surface area (Å²) < 4.78 is 47.1. The number of hydrogen-bond acceptors (Lipinski definition) is 3. The lowest BCUT2D eigenvalue weighted by Gasteiger charge is -2.31. The van der Waals surface area contributed by atoms with Gasteiger partial charge in [0.2, 0.25) is 0 Å². The molecule has 0 bridgehead atoms. The lowest BCUT2D eigenvalue weighted by molar-refractivity contribution is 0.415. The summed E-state index contributed by atoms with van der Waals surface area (Å²) in [6.07, 6.45) is 0. The largest absolute Gasteiger partial charge is 0.497 e. The molecule has 3 aromatic carbocycles. The molecule has 4 nitrogen and oxygen atoms in total. The fourth-order valence-electron chi connectivity index (χ4n) is 2.94. The Morgan fingerprint density at radius 3 is 2.36 bits per heavy atom. The van der Waals surface area contributed by atoms with Crippen molar-refractivity contribution in [2.75, 3.05) is 11.4 Å². The molecule has 146 valence electrons. The van der Waals surface area contributed by atoms with Crippen LogP contribution in [0.3, 0.4) is 0 Å². The first-order chi connectivity index (χ1) is 13.3. The molecule has 7 heteroatoms. The summed E-state index contributed by atoms with van der Waals surface area (Å²) >= 11 is 5.84. The first kappa shape index (κ1) is 20.2. The highest BCUT2D eigenvalue weighted by Gasteiger charge is 2.31. The Labute approximate surface area is 169 Å². The van der Waals surface area contributed by atoms with E-state index in [-0.39, 0.29) is 9.92 Å². The van der Waals surface area contributed by atoms with Gasteiger partial charge in [0.15, 0.2) is 0 Å². The molecule has 0 saturated heterocycles. The summed E-state index contributed by atoms with van der Waals surface area (Å²) in [6.45, 7) is 1.79. The first-order valence-corrected chi connectivity index (χ1v) is 10.3. The highest BCUT2D eigenvalue weighted by atomic mass is 35.5. The number of nitrogens with zero attached hydrogens (tertiary/aromatic N) is 1. The second-order valence-corrected chi connectivity index (χ2v) is 8.39. The van der Waals surface area contributed by atoms with Gasteiger partial charge < -0.3 is 4.74 Å². The van der Waals surface area contributed by atoms with Gasteiger partial charge in [-0.25, -0.2) is 12.8 Å². The van der Waals surface area contributed by atoms with Crippen molar-refractivity contribution in [3.8, 4) is 5.75 Å². The average Bonchev–Trinajstić information content (AvgIpc) is 2.70. The smallest absolute Gasteiger partial charge is 0.264 e. The molecule has 0 aliphatic carbocycles. The van der Waals surface area contributed by atoms with Crippen molar-refractivity contribution in [1.29, 1.82) is 0 Å². The van der Waals surface area contributed by atoms with E-state index in [9.17, 15) is 12.8 Å². The average molecular weight is 420 g/mol. The third-order valence-corrected chi connectivity index (χ3v) is 6.57. The number of rotatable bonds is 6. The molecule has 0 amide bonds. The molecule has 3 aromatic rings. The monoisotopic (exact) mass is 419 g/mol. The van der Waals surface area contributed by atoms with Crippen LogP contribution in [-0.4, -0.2) is 15.5 Å². The van der Waals surface area contributed by atoms with Crippen molar-refractivity contribution < 1.29 is 17.5 Å². The Kier molecular flexibility index (Phi) is 5.91. The third-order valence-electron chi connectivity index (χ3n) is 4.39. The molecule has 0 heterocycles. The Hall–Kier alpha value is -2.57. The summed E-state index contributed by atoms with van der Waals surface area (Å²) in [6, 6.07) is 18.9. The van der Waals surface area contributed by atoms with Gasteiger partial charge in [-0.05, 0) is 42.8 Å². The zero-order valence-electron chi connectivity index (χ0n) is 15.3. The van der Waals surface area contributed by atoms with Crippen LogP contribution >= 0.6 is 11.6 Å². The van der Waals surface area contributed by atoms with Crippen molar-refractivity contribution in [2.45, 2.75) is 17.9 Å². The van der Waals surface area contributed by atoms with Gasteiger partial charge in [0.1, 0.15) is 11.6 Å². The molecule has 28 heavy (non-hydrogen) atoms. The van der Waals surface area contributed by atoms with E-state index in [1.54, 1.807) is 31.2 Å². The number of hydrogen-bond donors (Lipinski definition) is 0. The van der Waals surface area contributed by atoms with E-state index < -0.39 is 21.9 Å². The number of anilines is 1. The van der Waals surface area contributed by atoms with Crippen LogP contribution in [0.1, 0.15) is 18.5 Å². The van der Waals surface area contributed by atoms with Crippen LogP contribution in [0.25, 0.3) is 0 Å². The van der Waals surface area contributed by atoms with E-state index in [2.05, 4.69) is 0 Å². The topological polar surface area (TPSA) is 46.6 Å². The van der Waals surface area contributed by atoms with Crippen molar-refractivity contribution in [3.63, 3.8) is 0 Å². The van der Waals surface area contributed by atoms with Crippen LogP contribution in [0, 0.1) is 5.82 Å². The normalized spacial score (nSPS) is 12.4. The van der Waals surface area contributed by atoms with Crippen LogP contribution in [-0.2, 0) is 10.0 Å². The van der Waals surface area contributed by atoms with Gasteiger partial charge in [-0.15, -0.1) is 0 Å². The molecule has 3 rings (SSSR count). The van der Waals surface area contributed by atoms with Crippen LogP contribution in [0.5, 0.6) is 5.75 Å². The van der Waals surface area contributed by atoms with E-state index in [1.165, 1.54) is 17.5 Å². The molecule has 1 unspecified atom stereocenters. The second kappa shape index (κ2) is 8.20. The minimum atomic E-state index is -4.04. The van der Waals surface area contributed by atoms with Crippen LogP contribution < -0.4 is 9.04 Å². The molecule has 0 N–H and O–H groups in total. The quantitative estimate of drug-likeness (QED) is 0.534. The molecule has 0 aliphatic heterocycles. The van der Waals surface area contributed by atoms with E-state index in [0.29, 0.717) is 11.4 Å². The van der Waals surface area contributed by atoms with Crippen molar-refractivity contribution in [1.82, 2.24) is 0 Å². The summed E-state index contributed by atoms with van der Waals surface area (Å²) in [7, 11) is -2.53. The van der Waals surface area contributed by atoms with Crippen molar-refractivity contribution in [2.24, 2.45) is 0 Å². The lowest BCUT2D eigenvalue weighted by Crippen LogP contribution is -2.33. The molecule has 0 saturated carbocycles. The number of ether oxygens (including phenoxy) is 1. The summed E-state index contributed by atoms with van der Waals surface area (Å²) in [5, 5.41) is -0.251. The second-order valence-electron chi connectivity index (χ2n) is 6.16. The highest BCUT2D eigenvalue weighted by molar-refractivity contribution is 7.92. The minimum absolute atomic E-state index is 0.0931. The first-order valence-electron chi connectivity index (χ1n) is 8.53. The minimum Gasteiger partial charge on any atom is -0.497 e. The predicted molar refractivity (Wildman–Crippen MR) is 109 cm³/mol. The van der Waals surface area contributed by atoms with Gasteiger partial charge in [-0.1, -0.05) is 48.0 Å². The van der Waals surface area contributed by atoms with Crippen LogP contribution in [0.4, 0.5) is 10.1 Å². The van der Waals surface area contributed by atoms with Gasteiger partial charge in [0, 0.05) is 6.07 Å². The summed E-state index contributed by atoms with van der Waals surface area (Å²) in [5.74, 6) is -0.153. The molecule has 0 radical (unpaired) electrons. The maximum atomic E-state index is 13.6. The van der Waals surface area contributed by atoms with Gasteiger partial charge in [-0.3, -0.25) is 4.31 Å². The molecule has 0 aromatic heterocycles. The molecule has 0 fully saturated rings. The fourth-order valence-corrected chi connectivity index (χ4v) is 4.84. The van der Waals surface area contributed by atoms with Gasteiger partial charge in [0.25, 0.3) is 10.0 Å². The number of benzene rings is 3. The van der Waals surface area contributed by atoms with E-state index in [4.69, 9.17) is 16.3 Å². The molecule has 0 aliphatic rings. The van der Waals surface area contributed by atoms with Gasteiger partial charge in [-0.2, -0.15) is 0 Å². The SMILES string of the molecule is COc1cccc(N(C(C)c2ccccc2)S(=O)(=O)c2ccc(F)c(Cl)c2)c1. The molecule has 0 spiro atoms. The zero-order chi connectivity index (χ0) is 20.3. The number of halogens is 2. The Morgan fingerprint density at radius 2 is 1.71 bits per heavy atom. The Bertz CT molecular complexity index is 1070. The highest BCUT2D eigenvalue weighted by Crippen LogP contribution is 2.35. The van der Waals surface area contributed by atoms with Gasteiger partial charge >= 0.3 is 0 Å². The maximum absolute atomic E-state index is 13.6. The van der Waals surface area contributed by atoms with E-state index >= 15 is 0 Å². The van der Waals surface area contributed by atoms with Crippen LogP contribution in [0.2, 0.25) is 5.02 Å². The standard InChI is InChI=1S/C21H19ClFNO3S/c1-15(16-7-4-3-5-8-16)24(17-9-6-10-18(13-17)27-2)28(25,26)19-11-12-21(23)20(22)14-19/h3-15H,1-2H3. The molecular weight excluding hydrogens is 401 g/mol. The third kappa shape index (κ3) is 3.98. The molecular formula is C21H19ClFNO3S. The number of sulfonamides is 1. The summed E-state index contributed by atoms with van der Waals surface area (Å²) in [4.78, 5) is -0.0931. The maximum Gasteiger partial charge on any atom is 0.264 e. The van der Waals surface area contributed by atoms with Crippen LogP contribution in [0.15, 0.2) is 77.7 Å². The predicted octanol–water partition coefficient (Wildman–Crippen LogP) is 5.44. The Morgan fingerprint density at radius 1 is 1.00 bits per heavy atom. The lowest BCUT2D eigenvalue weighted by atomic mass is 10.1. The van der Waals surface area contributed by atoms with Gasteiger partial charge in [0.05, 0.1) is 28.8 Å². The van der Waals surface area contributed by atoms with E-state index in [0.717, 1.165) is 17.7 Å². The van der Waals surface area contributed by atoms with E-state index in [1.807, 2.05) is 30.3 Å². The molecule has 1 atom stereocenters.